The van der Waals surface area contributed by atoms with Gasteiger partial charge in [0.15, 0.2) is 11.9 Å². The first-order valence-electron chi connectivity index (χ1n) is 7.91. The molecule has 0 bridgehead atoms. The third kappa shape index (κ3) is 3.08. The van der Waals surface area contributed by atoms with Gasteiger partial charge in [-0.25, -0.2) is 23.8 Å². The van der Waals surface area contributed by atoms with Gasteiger partial charge >= 0.3 is 6.09 Å². The van der Waals surface area contributed by atoms with Crippen molar-refractivity contribution < 1.29 is 18.7 Å². The fourth-order valence-electron chi connectivity index (χ4n) is 2.74. The maximum Gasteiger partial charge on any atom is 0.415 e. The van der Waals surface area contributed by atoms with Crippen LogP contribution in [0.3, 0.4) is 0 Å². The van der Waals surface area contributed by atoms with Crippen LogP contribution in [-0.4, -0.2) is 44.4 Å². The van der Waals surface area contributed by atoms with Crippen LogP contribution in [0, 0.1) is 5.82 Å². The summed E-state index contributed by atoms with van der Waals surface area (Å²) in [6.45, 7) is -0.0545. The largest absolute Gasteiger partial charge is 0.434 e. The van der Waals surface area contributed by atoms with E-state index in [1.165, 1.54) is 35.7 Å². The molecule has 0 radical (unpaired) electrons. The summed E-state index contributed by atoms with van der Waals surface area (Å²) in [5.74, 6) is -0.745. The summed E-state index contributed by atoms with van der Waals surface area (Å²) in [4.78, 5) is 32.3. The maximum atomic E-state index is 14.6. The number of hydrogen-bond donors (Lipinski definition) is 1. The highest BCUT2D eigenvalue weighted by atomic mass is 19.1. The topological polar surface area (TPSA) is 116 Å². The van der Waals surface area contributed by atoms with Crippen molar-refractivity contribution >= 4 is 17.7 Å². The first kappa shape index (κ1) is 16.6. The van der Waals surface area contributed by atoms with Crippen LogP contribution in [0.5, 0.6) is 0 Å². The SMILES string of the molecule is NC(=O)[C@H]1CN(c2ccc(-c3ccc(-n4cncn4)nc3)c(F)c2)C(=O)O1. The Hall–Kier alpha value is -3.82. The van der Waals surface area contributed by atoms with Gasteiger partial charge in [0.25, 0.3) is 5.91 Å². The number of cyclic esters (lactones) is 1. The van der Waals surface area contributed by atoms with Crippen LogP contribution in [0.25, 0.3) is 16.9 Å². The molecule has 1 aliphatic rings. The number of rotatable bonds is 4. The van der Waals surface area contributed by atoms with Crippen LogP contribution >= 0.6 is 0 Å². The van der Waals surface area contributed by atoms with Crippen LogP contribution in [0.1, 0.15) is 0 Å². The predicted molar refractivity (Wildman–Crippen MR) is 91.4 cm³/mol. The van der Waals surface area contributed by atoms with Gasteiger partial charge in [0.2, 0.25) is 0 Å². The minimum Gasteiger partial charge on any atom is -0.434 e. The number of carbonyl (C=O) groups is 2. The molecule has 1 fully saturated rings. The quantitative estimate of drug-likeness (QED) is 0.741. The second-order valence-corrected chi connectivity index (χ2v) is 5.79. The summed E-state index contributed by atoms with van der Waals surface area (Å²) >= 11 is 0. The zero-order chi connectivity index (χ0) is 19.0. The number of ether oxygens (including phenoxy) is 1. The number of primary amides is 1. The maximum absolute atomic E-state index is 14.6. The summed E-state index contributed by atoms with van der Waals surface area (Å²) in [5, 5.41) is 3.97. The van der Waals surface area contributed by atoms with E-state index in [9.17, 15) is 14.0 Å². The predicted octanol–water partition coefficient (Wildman–Crippen LogP) is 1.28. The van der Waals surface area contributed by atoms with Crippen LogP contribution in [0.2, 0.25) is 0 Å². The van der Waals surface area contributed by atoms with Gasteiger partial charge in [-0.1, -0.05) is 0 Å². The molecule has 2 N–H and O–H groups in total. The smallest absolute Gasteiger partial charge is 0.415 e. The Labute approximate surface area is 152 Å². The molecule has 1 aromatic carbocycles. The molecule has 0 unspecified atom stereocenters. The Kier molecular flexibility index (Phi) is 3.99. The van der Waals surface area contributed by atoms with Crippen LogP contribution < -0.4 is 10.6 Å². The summed E-state index contributed by atoms with van der Waals surface area (Å²) < 4.78 is 21.0. The molecule has 2 aromatic heterocycles. The number of nitrogens with zero attached hydrogens (tertiary/aromatic N) is 5. The molecule has 0 aliphatic carbocycles. The molecule has 9 nitrogen and oxygen atoms in total. The number of hydrogen-bond acceptors (Lipinski definition) is 6. The molecule has 0 spiro atoms. The number of amides is 2. The summed E-state index contributed by atoms with van der Waals surface area (Å²) in [5.41, 5.74) is 6.29. The molecular formula is C17H13FN6O3. The lowest BCUT2D eigenvalue weighted by molar-refractivity contribution is -0.124. The molecule has 2 amide bonds. The summed E-state index contributed by atoms with van der Waals surface area (Å²) in [6.07, 6.45) is 2.62. The second-order valence-electron chi connectivity index (χ2n) is 5.79. The van der Waals surface area contributed by atoms with Gasteiger partial charge in [-0.15, -0.1) is 0 Å². The van der Waals surface area contributed by atoms with Gasteiger partial charge < -0.3 is 10.5 Å². The number of nitrogens with two attached hydrogens (primary N) is 1. The van der Waals surface area contributed by atoms with E-state index >= 15 is 0 Å². The van der Waals surface area contributed by atoms with E-state index in [-0.39, 0.29) is 12.2 Å². The highest BCUT2D eigenvalue weighted by Gasteiger charge is 2.36. The molecule has 3 heterocycles. The Morgan fingerprint density at radius 1 is 1.30 bits per heavy atom. The van der Waals surface area contributed by atoms with Crippen molar-refractivity contribution in [1.29, 1.82) is 0 Å². The lowest BCUT2D eigenvalue weighted by Gasteiger charge is -2.14. The molecule has 0 saturated carbocycles. The highest BCUT2D eigenvalue weighted by molar-refractivity contribution is 5.95. The molecule has 27 heavy (non-hydrogen) atoms. The zero-order valence-electron chi connectivity index (χ0n) is 13.8. The molecule has 1 aliphatic heterocycles. The Balaban J connectivity index is 1.59. The zero-order valence-corrected chi connectivity index (χ0v) is 13.8. The van der Waals surface area contributed by atoms with Crippen molar-refractivity contribution in [1.82, 2.24) is 19.7 Å². The average molecular weight is 368 g/mol. The molecule has 3 aromatic rings. The van der Waals surface area contributed by atoms with Crippen LogP contribution in [-0.2, 0) is 9.53 Å². The molecule has 4 rings (SSSR count). The summed E-state index contributed by atoms with van der Waals surface area (Å²) in [6, 6.07) is 7.68. The van der Waals surface area contributed by atoms with E-state index in [1.807, 2.05) is 0 Å². The summed E-state index contributed by atoms with van der Waals surface area (Å²) in [7, 11) is 0. The van der Waals surface area contributed by atoms with E-state index in [4.69, 9.17) is 10.5 Å². The van der Waals surface area contributed by atoms with Crippen molar-refractivity contribution in [2.24, 2.45) is 5.73 Å². The van der Waals surface area contributed by atoms with Gasteiger partial charge in [0.1, 0.15) is 18.5 Å². The van der Waals surface area contributed by atoms with E-state index in [1.54, 1.807) is 18.2 Å². The molecule has 1 saturated heterocycles. The molecule has 10 heteroatoms. The number of halogens is 1. The van der Waals surface area contributed by atoms with Crippen molar-refractivity contribution in [3.8, 4) is 16.9 Å². The second kappa shape index (κ2) is 6.48. The standard InChI is InChI=1S/C17H13FN6O3/c18-13-5-11(23-7-14(16(19)25)27-17(23)26)2-3-12(13)10-1-4-15(21-6-10)24-9-20-8-22-24/h1-6,8-9,14H,7H2,(H2,19,25)/t14-/m1/s1. The van der Waals surface area contributed by atoms with Gasteiger partial charge in [-0.3, -0.25) is 9.69 Å². The number of benzene rings is 1. The first-order chi connectivity index (χ1) is 13.0. The van der Waals surface area contributed by atoms with Gasteiger partial charge in [-0.05, 0) is 30.3 Å². The first-order valence-corrected chi connectivity index (χ1v) is 7.91. The van der Waals surface area contributed by atoms with E-state index in [0.29, 0.717) is 16.9 Å². The van der Waals surface area contributed by atoms with E-state index < -0.39 is 23.9 Å². The molecule has 1 atom stereocenters. The van der Waals surface area contributed by atoms with Crippen molar-refractivity contribution in [3.05, 3.63) is 55.0 Å². The number of anilines is 1. The number of carbonyl (C=O) groups excluding carboxylic acids is 2. The monoisotopic (exact) mass is 368 g/mol. The fraction of sp³-hybridized carbons (Fsp3) is 0.118. The minimum absolute atomic E-state index is 0.0545. The molecular weight excluding hydrogens is 355 g/mol. The fourth-order valence-corrected chi connectivity index (χ4v) is 2.74. The van der Waals surface area contributed by atoms with E-state index in [0.717, 1.165) is 4.90 Å². The third-order valence-electron chi connectivity index (χ3n) is 4.11. The normalized spacial score (nSPS) is 16.4. The Morgan fingerprint density at radius 2 is 2.15 bits per heavy atom. The third-order valence-corrected chi connectivity index (χ3v) is 4.11. The van der Waals surface area contributed by atoms with Crippen molar-refractivity contribution in [2.45, 2.75) is 6.10 Å². The molecule has 136 valence electrons. The lowest BCUT2D eigenvalue weighted by Crippen LogP contribution is -2.32. The Bertz CT molecular complexity index is 1010. The van der Waals surface area contributed by atoms with Crippen molar-refractivity contribution in [3.63, 3.8) is 0 Å². The minimum atomic E-state index is -1.05. The number of aromatic nitrogens is 4. The average Bonchev–Trinajstić information content (AvgIpc) is 3.32. The lowest BCUT2D eigenvalue weighted by atomic mass is 10.1. The van der Waals surface area contributed by atoms with E-state index in [2.05, 4.69) is 15.1 Å². The van der Waals surface area contributed by atoms with Crippen LogP contribution in [0.15, 0.2) is 49.2 Å². The van der Waals surface area contributed by atoms with Gasteiger partial charge in [0.05, 0.1) is 12.2 Å². The number of pyridine rings is 1. The van der Waals surface area contributed by atoms with Crippen LogP contribution in [0.4, 0.5) is 14.9 Å². The van der Waals surface area contributed by atoms with Crippen molar-refractivity contribution in [2.75, 3.05) is 11.4 Å². The van der Waals surface area contributed by atoms with Gasteiger partial charge in [0, 0.05) is 17.3 Å². The van der Waals surface area contributed by atoms with Gasteiger partial charge in [-0.2, -0.15) is 5.10 Å². The highest BCUT2D eigenvalue weighted by Crippen LogP contribution is 2.29. The Morgan fingerprint density at radius 3 is 2.74 bits per heavy atom.